The topological polar surface area (TPSA) is 76.5 Å². The van der Waals surface area contributed by atoms with Gasteiger partial charge in [-0.25, -0.2) is 4.98 Å². The number of carbonyl (C=O) groups excluding carboxylic acids is 1. The molecule has 0 fully saturated rings. The van der Waals surface area contributed by atoms with Crippen molar-refractivity contribution in [3.63, 3.8) is 0 Å². The predicted molar refractivity (Wildman–Crippen MR) is 144 cm³/mol. The van der Waals surface area contributed by atoms with Crippen molar-refractivity contribution in [3.05, 3.63) is 99.3 Å². The van der Waals surface area contributed by atoms with Gasteiger partial charge in [0.15, 0.2) is 0 Å². The highest BCUT2D eigenvalue weighted by molar-refractivity contribution is 5.97. The number of nitrogens with zero attached hydrogens (tertiary/aromatic N) is 3. The number of hydrogen-bond donors (Lipinski definition) is 1. The molecule has 186 valence electrons. The van der Waals surface area contributed by atoms with E-state index in [0.29, 0.717) is 48.6 Å². The summed E-state index contributed by atoms with van der Waals surface area (Å²) in [5.41, 5.74) is 3.99. The summed E-state index contributed by atoms with van der Waals surface area (Å²) in [4.78, 5) is 33.4. The van der Waals surface area contributed by atoms with E-state index in [4.69, 9.17) is 9.72 Å². The molecular formula is C29H32N4O3. The maximum atomic E-state index is 13.6. The summed E-state index contributed by atoms with van der Waals surface area (Å²) in [7, 11) is 1.61. The third-order valence-corrected chi connectivity index (χ3v) is 6.29. The third kappa shape index (κ3) is 5.40. The van der Waals surface area contributed by atoms with Crippen molar-refractivity contribution in [2.45, 2.75) is 33.9 Å². The summed E-state index contributed by atoms with van der Waals surface area (Å²) in [6.45, 7) is 8.34. The van der Waals surface area contributed by atoms with Crippen LogP contribution in [0.5, 0.6) is 5.75 Å². The lowest BCUT2D eigenvalue weighted by molar-refractivity contribution is 0.0951. The zero-order valence-electron chi connectivity index (χ0n) is 21.2. The molecule has 1 aromatic heterocycles. The molecule has 0 aliphatic carbocycles. The van der Waals surface area contributed by atoms with Gasteiger partial charge in [-0.3, -0.25) is 14.2 Å². The molecule has 1 heterocycles. The number of anilines is 1. The molecule has 0 aliphatic heterocycles. The van der Waals surface area contributed by atoms with Crippen LogP contribution in [0, 0.1) is 6.92 Å². The van der Waals surface area contributed by atoms with E-state index < -0.39 is 0 Å². The van der Waals surface area contributed by atoms with Gasteiger partial charge in [0.1, 0.15) is 5.75 Å². The molecule has 7 nitrogen and oxygen atoms in total. The molecule has 0 saturated carbocycles. The van der Waals surface area contributed by atoms with Crippen LogP contribution in [0.4, 0.5) is 5.95 Å². The first kappa shape index (κ1) is 25.0. The van der Waals surface area contributed by atoms with E-state index in [0.717, 1.165) is 16.9 Å². The molecule has 0 aliphatic rings. The molecule has 0 spiro atoms. The Kier molecular flexibility index (Phi) is 7.68. The number of carbonyl (C=O) groups is 1. The minimum absolute atomic E-state index is 0.120. The number of ether oxygens (including phenoxy) is 1. The zero-order chi connectivity index (χ0) is 25.7. The largest absolute Gasteiger partial charge is 0.497 e. The molecule has 4 rings (SSSR count). The molecule has 0 atom stereocenters. The van der Waals surface area contributed by atoms with Gasteiger partial charge in [-0.15, -0.1) is 0 Å². The fraction of sp³-hybridized carbons (Fsp3) is 0.276. The average molecular weight is 485 g/mol. The highest BCUT2D eigenvalue weighted by Gasteiger charge is 2.17. The van der Waals surface area contributed by atoms with Crippen LogP contribution in [-0.2, 0) is 13.1 Å². The lowest BCUT2D eigenvalue weighted by Crippen LogP contribution is -2.33. The first-order valence-corrected chi connectivity index (χ1v) is 12.2. The summed E-state index contributed by atoms with van der Waals surface area (Å²) in [5, 5.41) is 3.43. The van der Waals surface area contributed by atoms with E-state index in [2.05, 4.69) is 10.2 Å². The quantitative estimate of drug-likeness (QED) is 0.378. The second-order valence-electron chi connectivity index (χ2n) is 8.73. The van der Waals surface area contributed by atoms with Crippen LogP contribution in [0.1, 0.15) is 40.9 Å². The molecular weight excluding hydrogens is 452 g/mol. The Morgan fingerprint density at radius 2 is 1.75 bits per heavy atom. The first-order chi connectivity index (χ1) is 17.4. The number of fused-ring (bicyclic) bond motifs is 1. The summed E-state index contributed by atoms with van der Waals surface area (Å²) in [5.74, 6) is 1.12. The molecule has 36 heavy (non-hydrogen) atoms. The monoisotopic (exact) mass is 484 g/mol. The SMILES string of the molecule is CCN(CC)c1nc2cc(C(=O)NCc3cccc(OC)c3)ccc2c(=O)n1Cc1ccc(C)cc1. The Balaban J connectivity index is 1.67. The standard InChI is InChI=1S/C29H32N4O3/c1-5-32(6-2)29-31-26-17-23(27(34)30-18-22-8-7-9-24(16-22)36-4)14-15-25(26)28(35)33(29)19-21-12-10-20(3)11-13-21/h7-17H,5-6,18-19H2,1-4H3,(H,30,34). The lowest BCUT2D eigenvalue weighted by Gasteiger charge is -2.24. The smallest absolute Gasteiger partial charge is 0.263 e. The van der Waals surface area contributed by atoms with Gasteiger partial charge in [0.2, 0.25) is 5.95 Å². The number of nitrogens with one attached hydrogen (secondary N) is 1. The van der Waals surface area contributed by atoms with Gasteiger partial charge in [-0.1, -0.05) is 42.0 Å². The van der Waals surface area contributed by atoms with Crippen LogP contribution in [-0.4, -0.2) is 35.7 Å². The van der Waals surface area contributed by atoms with Crippen LogP contribution in [0.2, 0.25) is 0 Å². The van der Waals surface area contributed by atoms with Crippen LogP contribution in [0.15, 0.2) is 71.5 Å². The van der Waals surface area contributed by atoms with E-state index in [1.165, 1.54) is 5.56 Å². The molecule has 4 aromatic rings. The first-order valence-electron chi connectivity index (χ1n) is 12.2. The minimum Gasteiger partial charge on any atom is -0.497 e. The Morgan fingerprint density at radius 1 is 1.00 bits per heavy atom. The van der Waals surface area contributed by atoms with Gasteiger partial charge in [0, 0.05) is 25.2 Å². The number of aryl methyl sites for hydroxylation is 1. The van der Waals surface area contributed by atoms with Crippen molar-refractivity contribution in [2.24, 2.45) is 0 Å². The van der Waals surface area contributed by atoms with Crippen molar-refractivity contribution in [1.29, 1.82) is 0 Å². The van der Waals surface area contributed by atoms with Gasteiger partial charge in [0.25, 0.3) is 11.5 Å². The molecule has 0 saturated heterocycles. The van der Waals surface area contributed by atoms with Crippen molar-refractivity contribution >= 4 is 22.8 Å². The number of benzene rings is 3. The maximum Gasteiger partial charge on any atom is 0.263 e. The van der Waals surface area contributed by atoms with Crippen molar-refractivity contribution < 1.29 is 9.53 Å². The maximum absolute atomic E-state index is 13.6. The molecule has 1 amide bonds. The highest BCUT2D eigenvalue weighted by atomic mass is 16.5. The second-order valence-corrected chi connectivity index (χ2v) is 8.73. The Morgan fingerprint density at radius 3 is 2.44 bits per heavy atom. The third-order valence-electron chi connectivity index (χ3n) is 6.29. The zero-order valence-corrected chi connectivity index (χ0v) is 21.2. The van der Waals surface area contributed by atoms with Gasteiger partial charge < -0.3 is 15.0 Å². The second kappa shape index (κ2) is 11.1. The van der Waals surface area contributed by atoms with Crippen LogP contribution in [0.25, 0.3) is 10.9 Å². The Labute approximate surface area is 211 Å². The van der Waals surface area contributed by atoms with Crippen molar-refractivity contribution in [1.82, 2.24) is 14.9 Å². The van der Waals surface area contributed by atoms with Gasteiger partial charge >= 0.3 is 0 Å². The summed E-state index contributed by atoms with van der Waals surface area (Å²) >= 11 is 0. The molecule has 3 aromatic carbocycles. The van der Waals surface area contributed by atoms with Crippen molar-refractivity contribution in [3.8, 4) is 5.75 Å². The highest BCUT2D eigenvalue weighted by Crippen LogP contribution is 2.19. The summed E-state index contributed by atoms with van der Waals surface area (Å²) < 4.78 is 6.98. The number of methoxy groups -OCH3 is 1. The van der Waals surface area contributed by atoms with E-state index in [9.17, 15) is 9.59 Å². The molecule has 1 N–H and O–H groups in total. The lowest BCUT2D eigenvalue weighted by atomic mass is 10.1. The molecule has 7 heteroatoms. The van der Waals surface area contributed by atoms with Crippen molar-refractivity contribution in [2.75, 3.05) is 25.1 Å². The van der Waals surface area contributed by atoms with E-state index in [-0.39, 0.29) is 11.5 Å². The summed E-state index contributed by atoms with van der Waals surface area (Å²) in [6.07, 6.45) is 0. The molecule has 0 bridgehead atoms. The van der Waals surface area contributed by atoms with Crippen LogP contribution in [0.3, 0.4) is 0 Å². The number of rotatable bonds is 9. The molecule has 0 unspecified atom stereocenters. The van der Waals surface area contributed by atoms with E-state index >= 15 is 0 Å². The van der Waals surface area contributed by atoms with Crippen LogP contribution >= 0.6 is 0 Å². The summed E-state index contributed by atoms with van der Waals surface area (Å²) in [6, 6.07) is 20.8. The molecule has 0 radical (unpaired) electrons. The number of hydrogen-bond acceptors (Lipinski definition) is 5. The predicted octanol–water partition coefficient (Wildman–Crippen LogP) is 4.54. The number of amides is 1. The van der Waals surface area contributed by atoms with Gasteiger partial charge in [0.05, 0.1) is 24.6 Å². The van der Waals surface area contributed by atoms with Crippen LogP contribution < -0.4 is 20.5 Å². The Bertz CT molecular complexity index is 1420. The number of aromatic nitrogens is 2. The van der Waals surface area contributed by atoms with E-state index in [1.54, 1.807) is 29.9 Å². The normalized spacial score (nSPS) is 10.9. The Hall–Kier alpha value is -4.13. The van der Waals surface area contributed by atoms with Gasteiger partial charge in [-0.2, -0.15) is 0 Å². The minimum atomic E-state index is -0.227. The van der Waals surface area contributed by atoms with E-state index in [1.807, 2.05) is 69.3 Å². The fourth-order valence-corrected chi connectivity index (χ4v) is 4.18. The fourth-order valence-electron chi connectivity index (χ4n) is 4.18. The average Bonchev–Trinajstić information content (AvgIpc) is 2.91. The van der Waals surface area contributed by atoms with Gasteiger partial charge in [-0.05, 0) is 62.2 Å².